The minimum Gasteiger partial charge on any atom is -0.445 e. The zero-order valence-electron chi connectivity index (χ0n) is 21.0. The van der Waals surface area contributed by atoms with E-state index in [1.54, 1.807) is 4.90 Å². The van der Waals surface area contributed by atoms with E-state index in [1.165, 1.54) is 24.0 Å². The molecule has 3 atom stereocenters. The van der Waals surface area contributed by atoms with Crippen molar-refractivity contribution < 1.29 is 23.8 Å². The number of fused-ring (bicyclic) bond motifs is 4. The first-order valence-electron chi connectivity index (χ1n) is 13.2. The Balaban J connectivity index is 1.35. The lowest BCUT2D eigenvalue weighted by atomic mass is 9.59. The number of rotatable bonds is 4. The number of ether oxygens (including phenoxy) is 3. The Morgan fingerprint density at radius 3 is 2.69 bits per heavy atom. The number of carbonyl (C=O) groups excluding carboxylic acids is 2. The Bertz CT molecular complexity index is 1070. The van der Waals surface area contributed by atoms with E-state index in [0.29, 0.717) is 38.0 Å². The highest BCUT2D eigenvalue weighted by molar-refractivity contribution is 5.71. The Kier molecular flexibility index (Phi) is 7.46. The molecule has 3 aliphatic rings. The SMILES string of the molecule is C[C@@]12CCCCC[C@@H](Cc3ccc(OC(=O)N4CCOCC4)cc31)[C@@H]2NC(=O)OCc1ccccc1. The summed E-state index contributed by atoms with van der Waals surface area (Å²) in [5, 5.41) is 3.26. The molecule has 1 heterocycles. The normalized spacial score (nSPS) is 25.6. The van der Waals surface area contributed by atoms with Crippen LogP contribution >= 0.6 is 0 Å². The van der Waals surface area contributed by atoms with E-state index in [4.69, 9.17) is 14.2 Å². The van der Waals surface area contributed by atoms with Crippen LogP contribution in [0.4, 0.5) is 9.59 Å². The van der Waals surface area contributed by atoms with E-state index < -0.39 is 0 Å². The lowest BCUT2D eigenvalue weighted by Crippen LogP contribution is -2.57. The predicted octanol–water partition coefficient (Wildman–Crippen LogP) is 5.21. The van der Waals surface area contributed by atoms with E-state index in [9.17, 15) is 9.59 Å². The van der Waals surface area contributed by atoms with Gasteiger partial charge in [-0.25, -0.2) is 9.59 Å². The van der Waals surface area contributed by atoms with Gasteiger partial charge in [0, 0.05) is 24.5 Å². The number of carbonyl (C=O) groups is 2. The molecule has 2 aromatic rings. The molecule has 7 heteroatoms. The van der Waals surface area contributed by atoms with Crippen LogP contribution in [0.25, 0.3) is 0 Å². The second kappa shape index (κ2) is 10.9. The highest BCUT2D eigenvalue weighted by atomic mass is 16.6. The average Bonchev–Trinajstić information content (AvgIpc) is 2.90. The molecule has 2 aliphatic carbocycles. The van der Waals surface area contributed by atoms with Gasteiger partial charge in [0.1, 0.15) is 12.4 Å². The largest absolute Gasteiger partial charge is 0.445 e. The number of amides is 2. The molecule has 2 fully saturated rings. The minimum atomic E-state index is -0.376. The molecule has 5 rings (SSSR count). The summed E-state index contributed by atoms with van der Waals surface area (Å²) in [7, 11) is 0. The van der Waals surface area contributed by atoms with E-state index in [2.05, 4.69) is 18.3 Å². The zero-order chi connectivity index (χ0) is 25.0. The summed E-state index contributed by atoms with van der Waals surface area (Å²) in [6.07, 6.45) is 5.67. The molecule has 7 nitrogen and oxygen atoms in total. The lowest BCUT2D eigenvalue weighted by Gasteiger charge is -2.49. The first-order chi connectivity index (χ1) is 17.5. The molecule has 36 heavy (non-hydrogen) atoms. The van der Waals surface area contributed by atoms with Crippen LogP contribution in [0.15, 0.2) is 48.5 Å². The summed E-state index contributed by atoms with van der Waals surface area (Å²) < 4.78 is 16.7. The molecule has 2 bridgehead atoms. The van der Waals surface area contributed by atoms with Crippen LogP contribution in [0, 0.1) is 5.92 Å². The fourth-order valence-electron chi connectivity index (χ4n) is 6.13. The molecule has 0 aromatic heterocycles. The molecular weight excluding hydrogens is 456 g/mol. The van der Waals surface area contributed by atoms with Crippen LogP contribution in [0.3, 0.4) is 0 Å². The molecule has 2 amide bonds. The maximum absolute atomic E-state index is 12.9. The van der Waals surface area contributed by atoms with E-state index in [-0.39, 0.29) is 30.3 Å². The van der Waals surface area contributed by atoms with Gasteiger partial charge in [-0.3, -0.25) is 0 Å². The molecular formula is C29H36N2O5. The number of hydrogen-bond donors (Lipinski definition) is 1. The van der Waals surface area contributed by atoms with Gasteiger partial charge in [-0.1, -0.05) is 62.6 Å². The highest BCUT2D eigenvalue weighted by Crippen LogP contribution is 2.47. The van der Waals surface area contributed by atoms with E-state index in [0.717, 1.165) is 31.2 Å². The Morgan fingerprint density at radius 2 is 1.89 bits per heavy atom. The van der Waals surface area contributed by atoms with Gasteiger partial charge in [0.25, 0.3) is 0 Å². The van der Waals surface area contributed by atoms with Crippen LogP contribution in [0.5, 0.6) is 5.75 Å². The monoisotopic (exact) mass is 492 g/mol. The van der Waals surface area contributed by atoms with Crippen molar-refractivity contribution in [3.63, 3.8) is 0 Å². The summed E-state index contributed by atoms with van der Waals surface area (Å²) in [6, 6.07) is 15.7. The smallest absolute Gasteiger partial charge is 0.415 e. The van der Waals surface area contributed by atoms with Gasteiger partial charge in [0.2, 0.25) is 0 Å². The van der Waals surface area contributed by atoms with E-state index in [1.807, 2.05) is 42.5 Å². The van der Waals surface area contributed by atoms with Crippen LogP contribution in [-0.4, -0.2) is 49.4 Å². The number of alkyl carbamates (subject to hydrolysis) is 1. The van der Waals surface area contributed by atoms with Crippen molar-refractivity contribution in [2.24, 2.45) is 5.92 Å². The fraction of sp³-hybridized carbons (Fsp3) is 0.517. The Hall–Kier alpha value is -3.06. The van der Waals surface area contributed by atoms with Crippen LogP contribution in [-0.2, 0) is 27.9 Å². The fourth-order valence-corrected chi connectivity index (χ4v) is 6.13. The highest BCUT2D eigenvalue weighted by Gasteiger charge is 2.47. The van der Waals surface area contributed by atoms with Crippen molar-refractivity contribution in [1.82, 2.24) is 10.2 Å². The van der Waals surface area contributed by atoms with Crippen molar-refractivity contribution in [1.29, 1.82) is 0 Å². The molecule has 2 aromatic carbocycles. The third-order valence-electron chi connectivity index (χ3n) is 8.07. The van der Waals surface area contributed by atoms with Crippen LogP contribution in [0.1, 0.15) is 55.7 Å². The van der Waals surface area contributed by atoms with Crippen molar-refractivity contribution in [3.05, 3.63) is 65.2 Å². The molecule has 1 N–H and O–H groups in total. The average molecular weight is 493 g/mol. The van der Waals surface area contributed by atoms with Crippen LogP contribution < -0.4 is 10.1 Å². The molecule has 0 radical (unpaired) electrons. The molecule has 0 unspecified atom stereocenters. The van der Waals surface area contributed by atoms with Crippen molar-refractivity contribution >= 4 is 12.2 Å². The van der Waals surface area contributed by atoms with Gasteiger partial charge < -0.3 is 24.4 Å². The zero-order valence-corrected chi connectivity index (χ0v) is 21.0. The van der Waals surface area contributed by atoms with Gasteiger partial charge >= 0.3 is 12.2 Å². The summed E-state index contributed by atoms with van der Waals surface area (Å²) in [4.78, 5) is 27.3. The number of morpholine rings is 1. The van der Waals surface area contributed by atoms with Gasteiger partial charge in [-0.2, -0.15) is 0 Å². The molecule has 192 valence electrons. The van der Waals surface area contributed by atoms with Gasteiger partial charge in [-0.05, 0) is 54.0 Å². The number of nitrogens with zero attached hydrogens (tertiary/aromatic N) is 1. The molecule has 0 spiro atoms. The summed E-state index contributed by atoms with van der Waals surface area (Å²) in [6.45, 7) is 4.65. The quantitative estimate of drug-likeness (QED) is 0.634. The van der Waals surface area contributed by atoms with Crippen molar-refractivity contribution in [3.8, 4) is 5.75 Å². The second-order valence-electron chi connectivity index (χ2n) is 10.5. The molecule has 1 saturated carbocycles. The predicted molar refractivity (Wildman–Crippen MR) is 136 cm³/mol. The third-order valence-corrected chi connectivity index (χ3v) is 8.07. The van der Waals surface area contributed by atoms with Gasteiger partial charge in [0.15, 0.2) is 0 Å². The standard InChI is InChI=1S/C29H36N2O5/c1-29-13-7-3-6-10-23(26(29)30-27(32)35-20-21-8-4-2-5-9-21)18-22-11-12-24(19-25(22)29)36-28(33)31-14-16-34-17-15-31/h2,4-5,8-9,11-12,19,23,26H,3,6-7,10,13-18,20H2,1H3,(H,30,32)/t23-,26-,29+/m0/s1. The van der Waals surface area contributed by atoms with Crippen LogP contribution in [0.2, 0.25) is 0 Å². The first-order valence-corrected chi connectivity index (χ1v) is 13.2. The maximum Gasteiger partial charge on any atom is 0.415 e. The Labute approximate surface area is 213 Å². The Morgan fingerprint density at radius 1 is 1.08 bits per heavy atom. The van der Waals surface area contributed by atoms with Crippen molar-refractivity contribution in [2.75, 3.05) is 26.3 Å². The topological polar surface area (TPSA) is 77.1 Å². The minimum absolute atomic E-state index is 0.0428. The second-order valence-corrected chi connectivity index (χ2v) is 10.5. The summed E-state index contributed by atoms with van der Waals surface area (Å²) in [5.74, 6) is 0.895. The molecule has 1 aliphatic heterocycles. The third kappa shape index (κ3) is 5.36. The maximum atomic E-state index is 12.9. The molecule has 1 saturated heterocycles. The number of benzene rings is 2. The number of hydrogen-bond acceptors (Lipinski definition) is 5. The lowest BCUT2D eigenvalue weighted by molar-refractivity contribution is 0.0415. The summed E-state index contributed by atoms with van der Waals surface area (Å²) in [5.41, 5.74) is 3.15. The van der Waals surface area contributed by atoms with Gasteiger partial charge in [-0.15, -0.1) is 0 Å². The summed E-state index contributed by atoms with van der Waals surface area (Å²) >= 11 is 0. The van der Waals surface area contributed by atoms with Crippen molar-refractivity contribution in [2.45, 2.75) is 63.5 Å². The number of nitrogens with one attached hydrogen (secondary N) is 1. The van der Waals surface area contributed by atoms with Gasteiger partial charge in [0.05, 0.1) is 13.2 Å². The first kappa shape index (κ1) is 24.6. The van der Waals surface area contributed by atoms with E-state index >= 15 is 0 Å².